The zero-order valence-corrected chi connectivity index (χ0v) is 14.5. The molecule has 0 amide bonds. The second-order valence-corrected chi connectivity index (χ2v) is 5.78. The van der Waals surface area contributed by atoms with E-state index in [0.717, 1.165) is 49.6 Å². The smallest absolute Gasteiger partial charge is 0.190 e. The van der Waals surface area contributed by atoms with Crippen LogP contribution in [0.2, 0.25) is 0 Å². The van der Waals surface area contributed by atoms with Gasteiger partial charge in [0.25, 0.3) is 0 Å². The third kappa shape index (κ3) is 4.79. The van der Waals surface area contributed by atoms with Crippen LogP contribution in [-0.2, 0) is 13.0 Å². The summed E-state index contributed by atoms with van der Waals surface area (Å²) in [6.45, 7) is 2.59. The molecule has 0 spiro atoms. The lowest BCUT2D eigenvalue weighted by Crippen LogP contribution is -2.39. The number of nitrogens with one attached hydrogen (secondary N) is 2. The van der Waals surface area contributed by atoms with Crippen molar-refractivity contribution in [2.45, 2.75) is 19.4 Å². The lowest BCUT2D eigenvalue weighted by molar-refractivity contribution is 0.636. The molecule has 6 heteroatoms. The number of fused-ring (bicyclic) bond motifs is 1. The van der Waals surface area contributed by atoms with E-state index in [0.29, 0.717) is 0 Å². The molecule has 0 saturated heterocycles. The first-order valence-corrected chi connectivity index (χ1v) is 8.61. The van der Waals surface area contributed by atoms with E-state index in [1.165, 1.54) is 5.52 Å². The molecule has 3 aromatic rings. The minimum Gasteiger partial charge on any atom is -0.356 e. The van der Waals surface area contributed by atoms with Gasteiger partial charge in [0.15, 0.2) is 5.96 Å². The van der Waals surface area contributed by atoms with Gasteiger partial charge < -0.3 is 15.2 Å². The molecule has 25 heavy (non-hydrogen) atoms. The molecule has 0 unspecified atom stereocenters. The molecule has 0 aliphatic carbocycles. The molecule has 130 valence electrons. The molecule has 0 fully saturated rings. The highest BCUT2D eigenvalue weighted by molar-refractivity contribution is 5.79. The molecule has 0 aliphatic heterocycles. The summed E-state index contributed by atoms with van der Waals surface area (Å²) < 4.78 is 2.19. The Morgan fingerprint density at radius 2 is 1.88 bits per heavy atom. The van der Waals surface area contributed by atoms with Gasteiger partial charge in [0, 0.05) is 45.0 Å². The lowest BCUT2D eigenvalue weighted by atomic mass is 10.3. The second kappa shape index (κ2) is 8.82. The Balaban J connectivity index is 1.38. The number of nitrogens with zero attached hydrogens (tertiary/aromatic N) is 4. The number of guanidine groups is 1. The molecule has 0 atom stereocenters. The zero-order chi connectivity index (χ0) is 17.3. The Kier molecular flexibility index (Phi) is 5.98. The predicted molar refractivity (Wildman–Crippen MR) is 102 cm³/mol. The van der Waals surface area contributed by atoms with E-state index < -0.39 is 0 Å². The van der Waals surface area contributed by atoms with Crippen LogP contribution in [0, 0.1) is 0 Å². The van der Waals surface area contributed by atoms with E-state index in [9.17, 15) is 0 Å². The van der Waals surface area contributed by atoms with Crippen molar-refractivity contribution in [1.29, 1.82) is 0 Å². The molecule has 0 aliphatic rings. The first-order chi connectivity index (χ1) is 12.4. The summed E-state index contributed by atoms with van der Waals surface area (Å²) >= 11 is 0. The number of para-hydroxylation sites is 2. The molecular weight excluding hydrogens is 312 g/mol. The standard InChI is InChI=1S/C19H24N6/c1-20-19(23-13-10-16-7-4-5-11-21-16)22-12-6-14-25-15-24-17-8-2-3-9-18(17)25/h2-5,7-9,11,15H,6,10,12-14H2,1H3,(H2,20,22,23). The molecule has 2 N–H and O–H groups in total. The Morgan fingerprint density at radius 3 is 2.72 bits per heavy atom. The molecule has 6 nitrogen and oxygen atoms in total. The van der Waals surface area contributed by atoms with E-state index >= 15 is 0 Å². The van der Waals surface area contributed by atoms with E-state index in [4.69, 9.17) is 0 Å². The molecule has 2 aromatic heterocycles. The molecule has 1 aromatic carbocycles. The summed E-state index contributed by atoms with van der Waals surface area (Å²) in [5.74, 6) is 0.825. The van der Waals surface area contributed by atoms with E-state index in [1.54, 1.807) is 7.05 Å². The monoisotopic (exact) mass is 336 g/mol. The molecule has 0 saturated carbocycles. The lowest BCUT2D eigenvalue weighted by Gasteiger charge is -2.12. The first-order valence-electron chi connectivity index (χ1n) is 8.61. The van der Waals surface area contributed by atoms with Gasteiger partial charge in [-0.2, -0.15) is 0 Å². The Labute approximate surface area is 148 Å². The normalized spacial score (nSPS) is 11.6. The summed E-state index contributed by atoms with van der Waals surface area (Å²) in [5.41, 5.74) is 3.31. The Hall–Kier alpha value is -2.89. The van der Waals surface area contributed by atoms with Crippen molar-refractivity contribution in [3.05, 3.63) is 60.7 Å². The topological polar surface area (TPSA) is 67.1 Å². The van der Waals surface area contributed by atoms with Gasteiger partial charge in [0.05, 0.1) is 17.4 Å². The summed E-state index contributed by atoms with van der Waals surface area (Å²) in [7, 11) is 1.79. The zero-order valence-electron chi connectivity index (χ0n) is 14.5. The summed E-state index contributed by atoms with van der Waals surface area (Å²) in [4.78, 5) is 13.0. The van der Waals surface area contributed by atoms with Crippen LogP contribution in [0.3, 0.4) is 0 Å². The van der Waals surface area contributed by atoms with Crippen molar-refractivity contribution < 1.29 is 0 Å². The van der Waals surface area contributed by atoms with Crippen molar-refractivity contribution >= 4 is 17.0 Å². The number of rotatable bonds is 7. The second-order valence-electron chi connectivity index (χ2n) is 5.78. The number of pyridine rings is 1. The maximum atomic E-state index is 4.42. The average Bonchev–Trinajstić information content (AvgIpc) is 3.08. The third-order valence-corrected chi connectivity index (χ3v) is 4.02. The van der Waals surface area contributed by atoms with Gasteiger partial charge in [-0.1, -0.05) is 18.2 Å². The third-order valence-electron chi connectivity index (χ3n) is 4.02. The molecule has 2 heterocycles. The van der Waals surface area contributed by atoms with Gasteiger partial charge >= 0.3 is 0 Å². The van der Waals surface area contributed by atoms with Crippen molar-refractivity contribution in [3.63, 3.8) is 0 Å². The van der Waals surface area contributed by atoms with Crippen molar-refractivity contribution in [3.8, 4) is 0 Å². The van der Waals surface area contributed by atoms with Gasteiger partial charge in [-0.05, 0) is 30.7 Å². The van der Waals surface area contributed by atoms with E-state index in [-0.39, 0.29) is 0 Å². The van der Waals surface area contributed by atoms with Crippen LogP contribution < -0.4 is 10.6 Å². The van der Waals surface area contributed by atoms with Crippen LogP contribution in [0.4, 0.5) is 0 Å². The fraction of sp³-hybridized carbons (Fsp3) is 0.316. The average molecular weight is 336 g/mol. The largest absolute Gasteiger partial charge is 0.356 e. The minimum absolute atomic E-state index is 0.808. The van der Waals surface area contributed by atoms with Gasteiger partial charge in [0.2, 0.25) is 0 Å². The molecule has 3 rings (SSSR count). The van der Waals surface area contributed by atoms with E-state index in [2.05, 4.69) is 36.2 Å². The van der Waals surface area contributed by atoms with Crippen LogP contribution in [0.5, 0.6) is 0 Å². The van der Waals surface area contributed by atoms with Crippen LogP contribution in [-0.4, -0.2) is 40.6 Å². The highest BCUT2D eigenvalue weighted by Crippen LogP contribution is 2.11. The highest BCUT2D eigenvalue weighted by atomic mass is 15.2. The highest BCUT2D eigenvalue weighted by Gasteiger charge is 2.02. The number of hydrogen-bond donors (Lipinski definition) is 2. The molecular formula is C19H24N6. The van der Waals surface area contributed by atoms with Crippen molar-refractivity contribution in [1.82, 2.24) is 25.2 Å². The first kappa shape index (κ1) is 17.0. The summed E-state index contributed by atoms with van der Waals surface area (Å²) in [6, 6.07) is 14.2. The summed E-state index contributed by atoms with van der Waals surface area (Å²) in [6.07, 6.45) is 5.61. The number of hydrogen-bond acceptors (Lipinski definition) is 3. The number of aliphatic imine (C=N–C) groups is 1. The number of imidazole rings is 1. The van der Waals surface area contributed by atoms with Crippen molar-refractivity contribution in [2.24, 2.45) is 4.99 Å². The number of aryl methyl sites for hydroxylation is 1. The fourth-order valence-electron chi connectivity index (χ4n) is 2.72. The van der Waals surface area contributed by atoms with Crippen LogP contribution in [0.25, 0.3) is 11.0 Å². The predicted octanol–water partition coefficient (Wildman–Crippen LogP) is 2.23. The maximum Gasteiger partial charge on any atom is 0.190 e. The van der Waals surface area contributed by atoms with E-state index in [1.807, 2.05) is 48.9 Å². The fourth-order valence-corrected chi connectivity index (χ4v) is 2.72. The summed E-state index contributed by atoms with van der Waals surface area (Å²) in [5, 5.41) is 6.67. The quantitative estimate of drug-likeness (QED) is 0.394. The minimum atomic E-state index is 0.808. The van der Waals surface area contributed by atoms with Crippen LogP contribution in [0.1, 0.15) is 12.1 Å². The van der Waals surface area contributed by atoms with Gasteiger partial charge in [-0.15, -0.1) is 0 Å². The Morgan fingerprint density at radius 1 is 1.04 bits per heavy atom. The van der Waals surface area contributed by atoms with Crippen molar-refractivity contribution in [2.75, 3.05) is 20.1 Å². The van der Waals surface area contributed by atoms with Gasteiger partial charge in [0.1, 0.15) is 0 Å². The van der Waals surface area contributed by atoms with Gasteiger partial charge in [-0.3, -0.25) is 9.98 Å². The SMILES string of the molecule is CN=C(NCCCn1cnc2ccccc21)NCCc1ccccn1. The van der Waals surface area contributed by atoms with Crippen LogP contribution in [0.15, 0.2) is 60.0 Å². The van der Waals surface area contributed by atoms with Crippen LogP contribution >= 0.6 is 0 Å². The number of aromatic nitrogens is 3. The molecule has 0 radical (unpaired) electrons. The Bertz CT molecular complexity index is 809. The molecule has 0 bridgehead atoms. The van der Waals surface area contributed by atoms with Gasteiger partial charge in [-0.25, -0.2) is 4.98 Å². The maximum absolute atomic E-state index is 4.42. The number of benzene rings is 1.